The summed E-state index contributed by atoms with van der Waals surface area (Å²) in [5.74, 6) is -1.66. The van der Waals surface area contributed by atoms with Gasteiger partial charge in [-0.15, -0.1) is 0 Å². The summed E-state index contributed by atoms with van der Waals surface area (Å²) in [6.45, 7) is 1.30. The Morgan fingerprint density at radius 1 is 1.46 bits per heavy atom. The van der Waals surface area contributed by atoms with Crippen molar-refractivity contribution in [3.63, 3.8) is 0 Å². The Balaban J connectivity index is 2.24. The third-order valence-corrected chi connectivity index (χ3v) is 3.49. The number of carbonyl (C=O) groups is 1. The van der Waals surface area contributed by atoms with Gasteiger partial charge in [0.1, 0.15) is 29.6 Å². The summed E-state index contributed by atoms with van der Waals surface area (Å²) in [6.07, 6.45) is 1.41. The van der Waals surface area contributed by atoms with Crippen molar-refractivity contribution in [2.75, 3.05) is 6.61 Å². The van der Waals surface area contributed by atoms with Gasteiger partial charge in [0, 0.05) is 6.07 Å². The summed E-state index contributed by atoms with van der Waals surface area (Å²) < 4.78 is 21.2. The number of fused-ring (bicyclic) bond motifs is 1. The number of aliphatic hydroxyl groups excluding tert-OH is 1. The summed E-state index contributed by atoms with van der Waals surface area (Å²) in [5, 5.41) is 9.27. The van der Waals surface area contributed by atoms with Crippen LogP contribution in [0.4, 0.5) is 0 Å². The molecule has 1 aliphatic heterocycles. The van der Waals surface area contributed by atoms with Crippen LogP contribution in [0, 0.1) is 0 Å². The quantitative estimate of drug-likeness (QED) is 0.793. The maximum Gasteiger partial charge on any atom is 0.340 e. The van der Waals surface area contributed by atoms with Gasteiger partial charge in [0.25, 0.3) is 0 Å². The summed E-state index contributed by atoms with van der Waals surface area (Å²) >= 11 is 0. The second-order valence-corrected chi connectivity index (χ2v) is 4.98. The first kappa shape index (κ1) is 15.9. The minimum Gasteiger partial charge on any atom is -0.468 e. The van der Waals surface area contributed by atoms with E-state index in [1.807, 2.05) is 0 Å². The highest BCUT2D eigenvalue weighted by Crippen LogP contribution is 2.41. The predicted molar refractivity (Wildman–Crippen MR) is 79.9 cm³/mol. The summed E-state index contributed by atoms with van der Waals surface area (Å²) in [6, 6.07) is 4.33. The fraction of sp³-hybridized carbons (Fsp3) is 0.250. The predicted octanol–water partition coefficient (Wildman–Crippen LogP) is 0.983. The van der Waals surface area contributed by atoms with Gasteiger partial charge in [0.2, 0.25) is 17.1 Å². The zero-order valence-electron chi connectivity index (χ0n) is 12.8. The van der Waals surface area contributed by atoms with E-state index in [1.54, 1.807) is 19.1 Å². The van der Waals surface area contributed by atoms with E-state index in [0.717, 1.165) is 6.07 Å². The first-order chi connectivity index (χ1) is 11.6. The molecular formula is C16H15NO7. The zero-order valence-corrected chi connectivity index (χ0v) is 12.8. The van der Waals surface area contributed by atoms with Crippen molar-refractivity contribution in [1.82, 2.24) is 0 Å². The number of esters is 1. The van der Waals surface area contributed by atoms with Gasteiger partial charge in [0.05, 0.1) is 12.9 Å². The van der Waals surface area contributed by atoms with Crippen molar-refractivity contribution >= 4 is 5.97 Å². The number of hydrogen-bond donors (Lipinski definition) is 2. The van der Waals surface area contributed by atoms with E-state index < -0.39 is 23.9 Å². The highest BCUT2D eigenvalue weighted by Gasteiger charge is 2.40. The maximum atomic E-state index is 12.3. The van der Waals surface area contributed by atoms with Crippen molar-refractivity contribution in [2.45, 2.75) is 19.4 Å². The van der Waals surface area contributed by atoms with Crippen LogP contribution < -0.4 is 15.9 Å². The molecule has 8 nitrogen and oxygen atoms in total. The fourth-order valence-electron chi connectivity index (χ4n) is 2.51. The van der Waals surface area contributed by atoms with Gasteiger partial charge in [0.15, 0.2) is 5.76 Å². The molecule has 0 radical (unpaired) electrons. The molecule has 3 heterocycles. The minimum atomic E-state index is -0.915. The molecule has 1 atom stereocenters. The van der Waals surface area contributed by atoms with Crippen LogP contribution in [0.25, 0.3) is 0 Å². The summed E-state index contributed by atoms with van der Waals surface area (Å²) in [7, 11) is 0. The smallest absolute Gasteiger partial charge is 0.340 e. The number of nitrogens with two attached hydrogens (primary N) is 1. The molecule has 1 aliphatic rings. The molecule has 0 saturated heterocycles. The van der Waals surface area contributed by atoms with E-state index in [2.05, 4.69) is 0 Å². The Morgan fingerprint density at radius 2 is 2.25 bits per heavy atom. The molecular weight excluding hydrogens is 318 g/mol. The Labute approximate surface area is 136 Å². The molecule has 8 heteroatoms. The fourth-order valence-corrected chi connectivity index (χ4v) is 2.51. The number of rotatable bonds is 4. The summed E-state index contributed by atoms with van der Waals surface area (Å²) in [4.78, 5) is 24.5. The van der Waals surface area contributed by atoms with Gasteiger partial charge in [-0.1, -0.05) is 0 Å². The van der Waals surface area contributed by atoms with Gasteiger partial charge in [-0.25, -0.2) is 4.79 Å². The lowest BCUT2D eigenvalue weighted by atomic mass is 9.91. The highest BCUT2D eigenvalue weighted by molar-refractivity contribution is 5.92. The van der Waals surface area contributed by atoms with Gasteiger partial charge >= 0.3 is 5.97 Å². The molecule has 0 bridgehead atoms. The average molecular weight is 333 g/mol. The van der Waals surface area contributed by atoms with Crippen molar-refractivity contribution < 1.29 is 28.2 Å². The molecule has 0 fully saturated rings. The SMILES string of the molecule is CCOC(=O)C1=C(N)Oc2c(oc(CO)cc2=O)[C@@H]1c1ccco1. The molecule has 0 saturated carbocycles. The van der Waals surface area contributed by atoms with E-state index in [1.165, 1.54) is 6.26 Å². The molecule has 0 aromatic carbocycles. The number of furan rings is 1. The van der Waals surface area contributed by atoms with Crippen LogP contribution in [-0.4, -0.2) is 17.7 Å². The maximum absolute atomic E-state index is 12.3. The molecule has 24 heavy (non-hydrogen) atoms. The van der Waals surface area contributed by atoms with Crippen molar-refractivity contribution in [2.24, 2.45) is 5.73 Å². The van der Waals surface area contributed by atoms with Crippen molar-refractivity contribution in [3.8, 4) is 5.75 Å². The van der Waals surface area contributed by atoms with E-state index in [-0.39, 0.29) is 35.3 Å². The number of carbonyl (C=O) groups excluding carboxylic acids is 1. The van der Waals surface area contributed by atoms with E-state index >= 15 is 0 Å². The largest absolute Gasteiger partial charge is 0.468 e. The zero-order chi connectivity index (χ0) is 17.3. The first-order valence-corrected chi connectivity index (χ1v) is 7.22. The standard InChI is InChI=1S/C16H15NO7/c1-2-21-16(20)12-11(10-4-3-5-22-10)14-13(24-15(12)17)9(19)6-8(7-18)23-14/h3-6,11,18H,2,7,17H2,1H3/t11-/m1/s1. The lowest BCUT2D eigenvalue weighted by Gasteiger charge is -2.25. The molecule has 126 valence electrons. The number of hydrogen-bond acceptors (Lipinski definition) is 8. The molecule has 2 aromatic heterocycles. The lowest BCUT2D eigenvalue weighted by molar-refractivity contribution is -0.139. The van der Waals surface area contributed by atoms with E-state index in [9.17, 15) is 14.7 Å². The average Bonchev–Trinajstić information content (AvgIpc) is 3.08. The molecule has 0 unspecified atom stereocenters. The molecule has 0 aliphatic carbocycles. The van der Waals surface area contributed by atoms with Crippen LogP contribution in [0.2, 0.25) is 0 Å². The second kappa shape index (κ2) is 6.25. The third kappa shape index (κ3) is 2.56. The number of ether oxygens (including phenoxy) is 2. The minimum absolute atomic E-state index is 0.0266. The van der Waals surface area contributed by atoms with E-state index in [0.29, 0.717) is 5.76 Å². The topological polar surface area (TPSA) is 125 Å². The third-order valence-electron chi connectivity index (χ3n) is 3.49. The molecule has 0 amide bonds. The Morgan fingerprint density at radius 3 is 2.88 bits per heavy atom. The normalized spacial score (nSPS) is 16.5. The Hall–Kier alpha value is -3.00. The molecule has 0 spiro atoms. The molecule has 2 aromatic rings. The molecule has 3 N–H and O–H groups in total. The summed E-state index contributed by atoms with van der Waals surface area (Å²) in [5.41, 5.74) is 5.29. The van der Waals surface area contributed by atoms with Crippen molar-refractivity contribution in [1.29, 1.82) is 0 Å². The van der Waals surface area contributed by atoms with Gasteiger partial charge in [-0.05, 0) is 19.1 Å². The van der Waals surface area contributed by atoms with Crippen molar-refractivity contribution in [3.05, 3.63) is 63.4 Å². The van der Waals surface area contributed by atoms with Gasteiger partial charge in [-0.2, -0.15) is 0 Å². The lowest BCUT2D eigenvalue weighted by Crippen LogP contribution is -2.30. The van der Waals surface area contributed by atoms with Gasteiger partial charge in [-0.3, -0.25) is 4.79 Å². The van der Waals surface area contributed by atoms with Crippen LogP contribution >= 0.6 is 0 Å². The number of aliphatic hydroxyl groups is 1. The van der Waals surface area contributed by atoms with Gasteiger partial charge < -0.3 is 29.1 Å². The van der Waals surface area contributed by atoms with Crippen LogP contribution in [-0.2, 0) is 16.1 Å². The Bertz CT molecular complexity index is 848. The van der Waals surface area contributed by atoms with Crippen LogP contribution in [0.5, 0.6) is 5.75 Å². The van der Waals surface area contributed by atoms with Crippen LogP contribution in [0.15, 0.2) is 49.5 Å². The highest BCUT2D eigenvalue weighted by atomic mass is 16.5. The van der Waals surface area contributed by atoms with Crippen LogP contribution in [0.3, 0.4) is 0 Å². The van der Waals surface area contributed by atoms with E-state index in [4.69, 9.17) is 24.0 Å². The molecule has 3 rings (SSSR count). The first-order valence-electron chi connectivity index (χ1n) is 7.22. The van der Waals surface area contributed by atoms with Crippen LogP contribution in [0.1, 0.15) is 30.1 Å². The second-order valence-electron chi connectivity index (χ2n) is 4.98. The Kier molecular flexibility index (Phi) is 4.13. The monoisotopic (exact) mass is 333 g/mol.